The average molecular weight is 168 g/mol. The van der Waals surface area contributed by atoms with Gasteiger partial charge in [0.25, 0.3) is 5.88 Å². The Bertz CT molecular complexity index is 267. The van der Waals surface area contributed by atoms with Gasteiger partial charge in [-0.15, -0.1) is 0 Å². The van der Waals surface area contributed by atoms with Crippen LogP contribution in [0.1, 0.15) is 12.8 Å². The largest absolute Gasteiger partial charge is 0.414 e. The number of aromatic amines is 1. The van der Waals surface area contributed by atoms with Crippen LogP contribution in [0.4, 0.5) is 4.79 Å². The number of aromatic nitrogens is 3. The monoisotopic (exact) mass is 168 g/mol. The fourth-order valence-electron chi connectivity index (χ4n) is 0.760. The van der Waals surface area contributed by atoms with Gasteiger partial charge in [0.2, 0.25) is 0 Å². The number of H-pyrrole nitrogens is 1. The topological polar surface area (TPSA) is 79.9 Å². The Balaban J connectivity index is 1.82. The summed E-state index contributed by atoms with van der Waals surface area (Å²) in [4.78, 5) is 10.9. The molecule has 64 valence electrons. The number of carbonyl (C=O) groups excluding carboxylic acids is 1. The third kappa shape index (κ3) is 1.71. The van der Waals surface area contributed by atoms with Gasteiger partial charge in [-0.25, -0.2) is 4.79 Å². The van der Waals surface area contributed by atoms with E-state index in [2.05, 4.69) is 20.7 Å². The van der Waals surface area contributed by atoms with E-state index < -0.39 is 6.09 Å². The molecule has 0 radical (unpaired) electrons. The lowest BCUT2D eigenvalue weighted by atomic mass is 10.7. The zero-order valence-corrected chi connectivity index (χ0v) is 6.28. The zero-order valence-electron chi connectivity index (χ0n) is 6.28. The van der Waals surface area contributed by atoms with Crippen LogP contribution in [0.15, 0.2) is 6.20 Å². The van der Waals surface area contributed by atoms with Crippen molar-refractivity contribution in [1.82, 2.24) is 20.7 Å². The fourth-order valence-corrected chi connectivity index (χ4v) is 0.760. The van der Waals surface area contributed by atoms with Crippen LogP contribution in [0.25, 0.3) is 0 Å². The molecule has 2 N–H and O–H groups in total. The van der Waals surface area contributed by atoms with Crippen molar-refractivity contribution in [1.29, 1.82) is 0 Å². The first-order valence-electron chi connectivity index (χ1n) is 3.69. The maximum Gasteiger partial charge on any atom is 0.414 e. The second kappa shape index (κ2) is 2.80. The molecule has 12 heavy (non-hydrogen) atoms. The normalized spacial score (nSPS) is 15.7. The van der Waals surface area contributed by atoms with Crippen molar-refractivity contribution in [3.8, 4) is 5.88 Å². The third-order valence-electron chi connectivity index (χ3n) is 1.49. The van der Waals surface area contributed by atoms with Gasteiger partial charge in [-0.05, 0) is 12.8 Å². The number of amides is 1. The summed E-state index contributed by atoms with van der Waals surface area (Å²) in [6, 6.07) is 0.296. The van der Waals surface area contributed by atoms with Crippen LogP contribution in [0, 0.1) is 0 Å². The van der Waals surface area contributed by atoms with Crippen LogP contribution < -0.4 is 10.1 Å². The predicted molar refractivity (Wildman–Crippen MR) is 38.6 cm³/mol. The molecule has 0 bridgehead atoms. The molecule has 1 aromatic heterocycles. The number of ether oxygens (including phenoxy) is 1. The van der Waals surface area contributed by atoms with Crippen molar-refractivity contribution >= 4 is 6.09 Å². The minimum Gasteiger partial charge on any atom is -0.388 e. The van der Waals surface area contributed by atoms with Crippen molar-refractivity contribution in [3.05, 3.63) is 6.20 Å². The van der Waals surface area contributed by atoms with Crippen LogP contribution in [0.2, 0.25) is 0 Å². The highest BCUT2D eigenvalue weighted by molar-refractivity contribution is 5.70. The molecule has 1 fully saturated rings. The molecule has 0 aromatic carbocycles. The Morgan fingerprint density at radius 1 is 1.75 bits per heavy atom. The van der Waals surface area contributed by atoms with E-state index in [4.69, 9.17) is 4.74 Å². The summed E-state index contributed by atoms with van der Waals surface area (Å²) in [5.74, 6) is 0.188. The molecule has 1 aliphatic rings. The van der Waals surface area contributed by atoms with E-state index in [9.17, 15) is 4.79 Å². The molecule has 1 amide bonds. The van der Waals surface area contributed by atoms with Gasteiger partial charge < -0.3 is 10.1 Å². The Kier molecular flexibility index (Phi) is 1.65. The smallest absolute Gasteiger partial charge is 0.388 e. The minimum atomic E-state index is -0.466. The second-order valence-corrected chi connectivity index (χ2v) is 2.62. The summed E-state index contributed by atoms with van der Waals surface area (Å²) in [5.41, 5.74) is 0. The zero-order chi connectivity index (χ0) is 8.39. The highest BCUT2D eigenvalue weighted by Crippen LogP contribution is 2.18. The highest BCUT2D eigenvalue weighted by atomic mass is 16.6. The van der Waals surface area contributed by atoms with Crippen molar-refractivity contribution < 1.29 is 9.53 Å². The number of carbonyl (C=O) groups is 1. The SMILES string of the molecule is O=C(NC1CC1)Oc1c[nH]nn1. The van der Waals surface area contributed by atoms with Crippen LogP contribution in [0.5, 0.6) is 5.88 Å². The molecule has 1 heterocycles. The molecule has 0 saturated heterocycles. The van der Waals surface area contributed by atoms with Gasteiger partial charge in [-0.3, -0.25) is 5.10 Å². The quantitative estimate of drug-likeness (QED) is 0.654. The van der Waals surface area contributed by atoms with Crippen LogP contribution >= 0.6 is 0 Å². The van der Waals surface area contributed by atoms with Gasteiger partial charge in [0.15, 0.2) is 0 Å². The summed E-state index contributed by atoms with van der Waals surface area (Å²) in [7, 11) is 0. The van der Waals surface area contributed by atoms with E-state index in [0.29, 0.717) is 6.04 Å². The molecular formula is C6H8N4O2. The van der Waals surface area contributed by atoms with E-state index in [1.54, 1.807) is 0 Å². The number of rotatable bonds is 2. The molecule has 0 aliphatic heterocycles. The van der Waals surface area contributed by atoms with Gasteiger partial charge in [-0.1, -0.05) is 10.3 Å². The molecule has 1 saturated carbocycles. The molecule has 6 nitrogen and oxygen atoms in total. The first kappa shape index (κ1) is 7.08. The average Bonchev–Trinajstić information content (AvgIpc) is 2.66. The lowest BCUT2D eigenvalue weighted by Crippen LogP contribution is -2.28. The van der Waals surface area contributed by atoms with E-state index in [1.165, 1.54) is 6.20 Å². The van der Waals surface area contributed by atoms with Crippen molar-refractivity contribution in [2.45, 2.75) is 18.9 Å². The van der Waals surface area contributed by atoms with Gasteiger partial charge in [0.05, 0.1) is 6.20 Å². The van der Waals surface area contributed by atoms with Crippen molar-refractivity contribution in [3.63, 3.8) is 0 Å². The molecule has 0 spiro atoms. The minimum absolute atomic E-state index is 0.188. The Morgan fingerprint density at radius 3 is 3.17 bits per heavy atom. The summed E-state index contributed by atoms with van der Waals surface area (Å²) < 4.78 is 4.75. The van der Waals surface area contributed by atoms with Crippen LogP contribution in [-0.2, 0) is 0 Å². The van der Waals surface area contributed by atoms with Gasteiger partial charge in [-0.2, -0.15) is 0 Å². The van der Waals surface area contributed by atoms with E-state index >= 15 is 0 Å². The molecule has 2 rings (SSSR count). The van der Waals surface area contributed by atoms with Gasteiger partial charge in [0.1, 0.15) is 0 Å². The fraction of sp³-hybridized carbons (Fsp3) is 0.500. The maximum absolute atomic E-state index is 10.9. The molecule has 1 aliphatic carbocycles. The Morgan fingerprint density at radius 2 is 2.58 bits per heavy atom. The van der Waals surface area contributed by atoms with Crippen molar-refractivity contribution in [2.24, 2.45) is 0 Å². The maximum atomic E-state index is 10.9. The van der Waals surface area contributed by atoms with Crippen LogP contribution in [-0.4, -0.2) is 27.5 Å². The molecule has 0 unspecified atom stereocenters. The number of nitrogens with one attached hydrogen (secondary N) is 2. The third-order valence-corrected chi connectivity index (χ3v) is 1.49. The lowest BCUT2D eigenvalue weighted by molar-refractivity contribution is 0.198. The van der Waals surface area contributed by atoms with Crippen LogP contribution in [0.3, 0.4) is 0 Å². The summed E-state index contributed by atoms with van der Waals surface area (Å²) in [6.45, 7) is 0. The molecule has 6 heteroatoms. The predicted octanol–water partition coefficient (Wildman–Crippen LogP) is 0.0555. The highest BCUT2D eigenvalue weighted by Gasteiger charge is 2.24. The van der Waals surface area contributed by atoms with Gasteiger partial charge >= 0.3 is 6.09 Å². The summed E-state index contributed by atoms with van der Waals surface area (Å²) in [5, 5.41) is 12.0. The van der Waals surface area contributed by atoms with E-state index in [0.717, 1.165) is 12.8 Å². The number of hydrogen-bond donors (Lipinski definition) is 2. The van der Waals surface area contributed by atoms with Gasteiger partial charge in [0, 0.05) is 6.04 Å². The lowest BCUT2D eigenvalue weighted by Gasteiger charge is -2.00. The van der Waals surface area contributed by atoms with E-state index in [1.807, 2.05) is 0 Å². The molecular weight excluding hydrogens is 160 g/mol. The second-order valence-electron chi connectivity index (χ2n) is 2.62. The van der Waals surface area contributed by atoms with E-state index in [-0.39, 0.29) is 5.88 Å². The Hall–Kier alpha value is -1.59. The first-order valence-corrected chi connectivity index (χ1v) is 3.69. The first-order chi connectivity index (χ1) is 5.84. The summed E-state index contributed by atoms with van der Waals surface area (Å²) >= 11 is 0. The Labute approximate surface area is 68.3 Å². The molecule has 0 atom stereocenters. The summed E-state index contributed by atoms with van der Waals surface area (Å²) in [6.07, 6.45) is 3.01. The van der Waals surface area contributed by atoms with Crippen molar-refractivity contribution in [2.75, 3.05) is 0 Å². The number of nitrogens with zero attached hydrogens (tertiary/aromatic N) is 2. The number of hydrogen-bond acceptors (Lipinski definition) is 4. The standard InChI is InChI=1S/C6H8N4O2/c11-6(8-4-1-2-4)12-5-3-7-10-9-5/h3-4H,1-2H2,(H,8,11)(H,7,9,10). The molecule has 1 aromatic rings.